The molecule has 6 heteroatoms. The zero-order valence-corrected chi connectivity index (χ0v) is 12.7. The number of terminal acetylenes is 1. The summed E-state index contributed by atoms with van der Waals surface area (Å²) >= 11 is 0. The van der Waals surface area contributed by atoms with Gasteiger partial charge >= 0.3 is 0 Å². The Bertz CT molecular complexity index is 884. The highest BCUT2D eigenvalue weighted by molar-refractivity contribution is 5.82. The van der Waals surface area contributed by atoms with Gasteiger partial charge in [0.15, 0.2) is 11.5 Å². The van der Waals surface area contributed by atoms with Crippen LogP contribution >= 0.6 is 0 Å². The number of rotatable bonds is 1. The van der Waals surface area contributed by atoms with Gasteiger partial charge in [0, 0.05) is 0 Å². The fraction of sp³-hybridized carbons (Fsp3) is 0.471. The van der Waals surface area contributed by atoms with Crippen LogP contribution in [0.1, 0.15) is 31.5 Å². The molecule has 0 spiro atoms. The molecule has 2 heterocycles. The molecule has 2 aliphatic carbocycles. The smallest absolute Gasteiger partial charge is 0.209 e. The molecule has 0 amide bonds. The minimum absolute atomic E-state index is 0.271. The molecule has 3 atom stereocenters. The molecule has 4 rings (SSSR count). The van der Waals surface area contributed by atoms with Gasteiger partial charge < -0.3 is 15.4 Å². The highest BCUT2D eigenvalue weighted by Gasteiger charge is 2.49. The van der Waals surface area contributed by atoms with Gasteiger partial charge in [-0.15, -0.1) is 6.42 Å². The van der Waals surface area contributed by atoms with Gasteiger partial charge in [-0.2, -0.15) is 0 Å². The van der Waals surface area contributed by atoms with Crippen LogP contribution in [0.3, 0.4) is 0 Å². The summed E-state index contributed by atoms with van der Waals surface area (Å²) in [7, 11) is 0. The minimum Gasteiger partial charge on any atom is -0.382 e. The number of nitrogen functional groups attached to an aromatic ring is 1. The summed E-state index contributed by atoms with van der Waals surface area (Å²) in [6, 6.07) is 0. The molecule has 0 saturated heterocycles. The van der Waals surface area contributed by atoms with E-state index in [1.807, 2.05) is 0 Å². The SMILES string of the molecule is C#CCn1cnc2c(N)nc(C#CC3(O)CC4CCC3C4)nc21. The average molecular weight is 307 g/mol. The van der Waals surface area contributed by atoms with Gasteiger partial charge in [0.25, 0.3) is 0 Å². The number of aliphatic hydroxyl groups is 1. The molecule has 2 aliphatic rings. The summed E-state index contributed by atoms with van der Waals surface area (Å²) in [4.78, 5) is 12.8. The molecule has 23 heavy (non-hydrogen) atoms. The second kappa shape index (κ2) is 4.97. The minimum atomic E-state index is -0.908. The lowest BCUT2D eigenvalue weighted by Gasteiger charge is -2.26. The number of nitrogens with two attached hydrogens (primary N) is 1. The van der Waals surface area contributed by atoms with Gasteiger partial charge in [0.1, 0.15) is 11.1 Å². The largest absolute Gasteiger partial charge is 0.382 e. The average Bonchev–Trinajstić information content (AvgIpc) is 3.21. The van der Waals surface area contributed by atoms with E-state index >= 15 is 0 Å². The summed E-state index contributed by atoms with van der Waals surface area (Å²) in [5.41, 5.74) is 6.11. The van der Waals surface area contributed by atoms with E-state index in [0.29, 0.717) is 29.5 Å². The first-order valence-corrected chi connectivity index (χ1v) is 7.76. The van der Waals surface area contributed by atoms with E-state index in [1.54, 1.807) is 10.9 Å². The van der Waals surface area contributed by atoms with Crippen molar-refractivity contribution in [3.8, 4) is 24.2 Å². The molecule has 2 bridgehead atoms. The van der Waals surface area contributed by atoms with Crippen molar-refractivity contribution in [3.05, 3.63) is 12.2 Å². The zero-order valence-electron chi connectivity index (χ0n) is 12.7. The summed E-state index contributed by atoms with van der Waals surface area (Å²) in [5.74, 6) is 9.90. The first kappa shape index (κ1) is 14.0. The Hall–Kier alpha value is -2.57. The number of anilines is 1. The molecule has 0 aliphatic heterocycles. The van der Waals surface area contributed by atoms with Crippen LogP contribution in [0.4, 0.5) is 5.82 Å². The van der Waals surface area contributed by atoms with Gasteiger partial charge in [0.2, 0.25) is 5.82 Å². The first-order valence-electron chi connectivity index (χ1n) is 7.76. The molecule has 6 nitrogen and oxygen atoms in total. The van der Waals surface area contributed by atoms with Crippen molar-refractivity contribution in [1.29, 1.82) is 0 Å². The lowest BCUT2D eigenvalue weighted by molar-refractivity contribution is 0.0437. The fourth-order valence-electron chi connectivity index (χ4n) is 3.85. The van der Waals surface area contributed by atoms with Crippen molar-refractivity contribution >= 4 is 17.0 Å². The Morgan fingerprint density at radius 1 is 1.43 bits per heavy atom. The van der Waals surface area contributed by atoms with Gasteiger partial charge in [-0.05, 0) is 43.4 Å². The van der Waals surface area contributed by atoms with Gasteiger partial charge in [0.05, 0.1) is 12.9 Å². The third-order valence-corrected chi connectivity index (χ3v) is 4.96. The monoisotopic (exact) mass is 307 g/mol. The van der Waals surface area contributed by atoms with Crippen molar-refractivity contribution < 1.29 is 5.11 Å². The van der Waals surface area contributed by atoms with Crippen LogP contribution in [0.2, 0.25) is 0 Å². The van der Waals surface area contributed by atoms with E-state index < -0.39 is 5.60 Å². The Morgan fingerprint density at radius 3 is 3.00 bits per heavy atom. The maximum absolute atomic E-state index is 10.7. The van der Waals surface area contributed by atoms with Crippen LogP contribution in [0.15, 0.2) is 6.33 Å². The van der Waals surface area contributed by atoms with Gasteiger partial charge in [-0.25, -0.2) is 15.0 Å². The molecule has 2 saturated carbocycles. The fourth-order valence-corrected chi connectivity index (χ4v) is 3.85. The molecule has 3 N–H and O–H groups in total. The van der Waals surface area contributed by atoms with Crippen molar-refractivity contribution in [2.45, 2.75) is 37.8 Å². The predicted molar refractivity (Wildman–Crippen MR) is 85.8 cm³/mol. The molecule has 2 fully saturated rings. The number of nitrogens with zero attached hydrogens (tertiary/aromatic N) is 4. The molecule has 0 radical (unpaired) electrons. The van der Waals surface area contributed by atoms with Crippen LogP contribution in [-0.2, 0) is 6.54 Å². The van der Waals surface area contributed by atoms with Crippen LogP contribution in [-0.4, -0.2) is 30.2 Å². The molecular formula is C17H17N5O. The van der Waals surface area contributed by atoms with Crippen molar-refractivity contribution in [3.63, 3.8) is 0 Å². The number of aromatic nitrogens is 4. The third-order valence-electron chi connectivity index (χ3n) is 4.96. The molecule has 2 aromatic heterocycles. The number of fused-ring (bicyclic) bond motifs is 3. The van der Waals surface area contributed by atoms with Crippen molar-refractivity contribution in [2.24, 2.45) is 11.8 Å². The van der Waals surface area contributed by atoms with E-state index in [2.05, 4.69) is 32.7 Å². The van der Waals surface area contributed by atoms with Crippen LogP contribution in [0, 0.1) is 36.0 Å². The Kier molecular flexibility index (Phi) is 3.04. The maximum atomic E-state index is 10.7. The van der Waals surface area contributed by atoms with Gasteiger partial charge in [-0.3, -0.25) is 0 Å². The van der Waals surface area contributed by atoms with Crippen LogP contribution in [0.25, 0.3) is 11.2 Å². The van der Waals surface area contributed by atoms with E-state index in [1.165, 1.54) is 6.42 Å². The number of hydrogen-bond donors (Lipinski definition) is 2. The maximum Gasteiger partial charge on any atom is 0.209 e. The summed E-state index contributed by atoms with van der Waals surface area (Å²) < 4.78 is 1.73. The number of imidazole rings is 1. The second-order valence-corrected chi connectivity index (χ2v) is 6.44. The summed E-state index contributed by atoms with van der Waals surface area (Å²) in [6.07, 6.45) is 11.0. The van der Waals surface area contributed by atoms with Crippen molar-refractivity contribution in [1.82, 2.24) is 19.5 Å². The standard InChI is InChI=1S/C17H17N5O/c1-2-7-22-10-19-14-15(18)20-13(21-16(14)22)5-6-17(23)9-11-3-4-12(17)8-11/h1,10-12,23H,3-4,7-9H2,(H2,18,20,21). The molecule has 116 valence electrons. The summed E-state index contributed by atoms with van der Waals surface area (Å²) in [6.45, 7) is 0.355. The lowest BCUT2D eigenvalue weighted by atomic mass is 9.85. The van der Waals surface area contributed by atoms with E-state index in [4.69, 9.17) is 12.2 Å². The quantitative estimate of drug-likeness (QED) is 0.765. The highest BCUT2D eigenvalue weighted by atomic mass is 16.3. The Labute approximate surface area is 134 Å². The molecular weight excluding hydrogens is 290 g/mol. The summed E-state index contributed by atoms with van der Waals surface area (Å²) in [5, 5.41) is 10.7. The highest BCUT2D eigenvalue weighted by Crippen LogP contribution is 2.50. The Balaban J connectivity index is 1.72. The van der Waals surface area contributed by atoms with Crippen LogP contribution in [0.5, 0.6) is 0 Å². The first-order chi connectivity index (χ1) is 11.1. The van der Waals surface area contributed by atoms with E-state index in [0.717, 1.165) is 19.3 Å². The van der Waals surface area contributed by atoms with Crippen LogP contribution < -0.4 is 5.73 Å². The topological polar surface area (TPSA) is 89.9 Å². The van der Waals surface area contributed by atoms with Crippen molar-refractivity contribution in [2.75, 3.05) is 5.73 Å². The second-order valence-electron chi connectivity index (χ2n) is 6.44. The normalized spacial score (nSPS) is 28.5. The van der Waals surface area contributed by atoms with E-state index in [-0.39, 0.29) is 11.7 Å². The lowest BCUT2D eigenvalue weighted by Crippen LogP contribution is -2.33. The molecule has 2 aromatic rings. The predicted octanol–water partition coefficient (Wildman–Crippen LogP) is 0.944. The number of hydrogen-bond acceptors (Lipinski definition) is 5. The van der Waals surface area contributed by atoms with E-state index in [9.17, 15) is 5.11 Å². The molecule has 0 aromatic carbocycles. The third kappa shape index (κ3) is 2.23. The van der Waals surface area contributed by atoms with Gasteiger partial charge in [-0.1, -0.05) is 11.8 Å². The zero-order chi connectivity index (χ0) is 16.0. The Morgan fingerprint density at radius 2 is 2.30 bits per heavy atom. The molecule has 3 unspecified atom stereocenters.